The number of sulfonamides is 2. The van der Waals surface area contributed by atoms with Crippen LogP contribution in [0.4, 0.5) is 4.39 Å². The van der Waals surface area contributed by atoms with Gasteiger partial charge in [0.25, 0.3) is 15.3 Å². The van der Waals surface area contributed by atoms with E-state index < -0.39 is 64.7 Å². The van der Waals surface area contributed by atoms with Crippen LogP contribution in [0.5, 0.6) is 0 Å². The first kappa shape index (κ1) is 29.4. The molecule has 2 N–H and O–H groups in total. The number of rotatable bonds is 9. The first-order chi connectivity index (χ1) is 16.6. The van der Waals surface area contributed by atoms with Crippen LogP contribution in [0.2, 0.25) is 0 Å². The molecule has 2 rings (SSSR count). The minimum atomic E-state index is -4.68. The molecule has 0 saturated heterocycles. The lowest BCUT2D eigenvalue weighted by Crippen LogP contribution is -2.33. The average Bonchev–Trinajstić information content (AvgIpc) is 2.77. The lowest BCUT2D eigenvalue weighted by molar-refractivity contribution is -0.118. The van der Waals surface area contributed by atoms with Crippen molar-refractivity contribution in [2.45, 2.75) is 55.7 Å². The Balaban J connectivity index is 2.55. The molecule has 0 unspecified atom stereocenters. The van der Waals surface area contributed by atoms with Gasteiger partial charge in [0.1, 0.15) is 11.9 Å². The molecule has 0 aliphatic heterocycles. The summed E-state index contributed by atoms with van der Waals surface area (Å²) in [5.41, 5.74) is 0.0730. The maximum atomic E-state index is 15.0. The summed E-state index contributed by atoms with van der Waals surface area (Å²) in [5.74, 6) is -2.43. The predicted octanol–water partition coefficient (Wildman–Crippen LogP) is 3.28. The van der Waals surface area contributed by atoms with E-state index in [0.29, 0.717) is 5.56 Å². The van der Waals surface area contributed by atoms with E-state index in [0.717, 1.165) is 25.2 Å². The maximum absolute atomic E-state index is 15.0. The Morgan fingerprint density at radius 3 is 2.14 bits per heavy atom. The fraction of sp³-hybridized carbons (Fsp3) is 0.348. The monoisotopic (exact) mass is 557 g/mol. The van der Waals surface area contributed by atoms with Crippen molar-refractivity contribution < 1.29 is 30.8 Å². The van der Waals surface area contributed by atoms with Crippen molar-refractivity contribution in [3.8, 4) is 6.07 Å². The molecule has 0 heterocycles. The van der Waals surface area contributed by atoms with Crippen LogP contribution in [0, 0.1) is 17.1 Å². The van der Waals surface area contributed by atoms with E-state index >= 15 is 4.39 Å². The number of halogens is 2. The number of nitrogens with one attached hydrogen (secondary N) is 2. The summed E-state index contributed by atoms with van der Waals surface area (Å²) in [7, 11) is -7.57. The lowest BCUT2D eigenvalue weighted by atomic mass is 9.85. The van der Waals surface area contributed by atoms with Crippen molar-refractivity contribution in [1.82, 2.24) is 9.44 Å². The number of nitriles is 1. The van der Waals surface area contributed by atoms with E-state index in [1.165, 1.54) is 6.07 Å². The zero-order valence-corrected chi connectivity index (χ0v) is 22.5. The van der Waals surface area contributed by atoms with E-state index in [4.69, 9.17) is 11.6 Å². The van der Waals surface area contributed by atoms with E-state index in [2.05, 4.69) is 0 Å². The summed E-state index contributed by atoms with van der Waals surface area (Å²) in [6.45, 7) is 6.94. The Morgan fingerprint density at radius 1 is 1.06 bits per heavy atom. The summed E-state index contributed by atoms with van der Waals surface area (Å²) < 4.78 is 68.9. The topological polar surface area (TPSA) is 150 Å². The molecule has 0 aliphatic rings. The third-order valence-electron chi connectivity index (χ3n) is 5.38. The van der Waals surface area contributed by atoms with Gasteiger partial charge in [-0.1, -0.05) is 27.7 Å². The van der Waals surface area contributed by atoms with Crippen LogP contribution < -0.4 is 9.44 Å². The molecule has 9 nitrogen and oxygen atoms in total. The Bertz CT molecular complexity index is 1480. The van der Waals surface area contributed by atoms with Gasteiger partial charge >= 0.3 is 0 Å². The molecule has 0 atom stereocenters. The molecule has 13 heteroatoms. The van der Waals surface area contributed by atoms with E-state index in [-0.39, 0.29) is 22.6 Å². The summed E-state index contributed by atoms with van der Waals surface area (Å²) in [6, 6.07) is 5.71. The Labute approximate surface area is 214 Å². The van der Waals surface area contributed by atoms with Crippen molar-refractivity contribution >= 4 is 42.8 Å². The summed E-state index contributed by atoms with van der Waals surface area (Å²) >= 11 is 5.50. The zero-order valence-electron chi connectivity index (χ0n) is 20.1. The van der Waals surface area contributed by atoms with Gasteiger partial charge in [-0.15, -0.1) is 0 Å². The Kier molecular flexibility index (Phi) is 9.01. The van der Waals surface area contributed by atoms with Gasteiger partial charge in [0.05, 0.1) is 27.3 Å². The molecule has 2 aromatic carbocycles. The molecule has 0 saturated carbocycles. The highest BCUT2D eigenvalue weighted by Crippen LogP contribution is 2.33. The molecule has 0 aromatic heterocycles. The van der Waals surface area contributed by atoms with Crippen LogP contribution >= 0.6 is 11.6 Å². The molecule has 194 valence electrons. The van der Waals surface area contributed by atoms with Gasteiger partial charge in [0, 0.05) is 0 Å². The van der Waals surface area contributed by atoms with Crippen molar-refractivity contribution in [3.05, 3.63) is 57.9 Å². The van der Waals surface area contributed by atoms with Crippen LogP contribution in [-0.2, 0) is 31.3 Å². The van der Waals surface area contributed by atoms with Gasteiger partial charge in [-0.2, -0.15) is 5.26 Å². The van der Waals surface area contributed by atoms with Crippen molar-refractivity contribution in [3.63, 3.8) is 0 Å². The van der Waals surface area contributed by atoms with Crippen molar-refractivity contribution in [2.75, 3.05) is 7.05 Å². The third-order valence-corrected chi connectivity index (χ3v) is 8.43. The maximum Gasteiger partial charge on any atom is 0.264 e. The number of amides is 1. The predicted molar refractivity (Wildman–Crippen MR) is 131 cm³/mol. The second kappa shape index (κ2) is 11.0. The van der Waals surface area contributed by atoms with Crippen LogP contribution in [-0.4, -0.2) is 35.0 Å². The first-order valence-corrected chi connectivity index (χ1v) is 14.0. The van der Waals surface area contributed by atoms with E-state index in [1.807, 2.05) is 9.44 Å². The van der Waals surface area contributed by atoms with Crippen LogP contribution in [0.25, 0.3) is 0 Å². The van der Waals surface area contributed by atoms with Crippen LogP contribution in [0.15, 0.2) is 34.1 Å². The van der Waals surface area contributed by atoms with Crippen molar-refractivity contribution in [1.29, 1.82) is 5.26 Å². The highest BCUT2D eigenvalue weighted by molar-refractivity contribution is 7.90. The molecule has 36 heavy (non-hydrogen) atoms. The number of hydrogen-bond donors (Lipinski definition) is 2. The second-order valence-corrected chi connectivity index (χ2v) is 12.4. The normalized spacial score (nSPS) is 12.0. The minimum absolute atomic E-state index is 0.128. The largest absolute Gasteiger partial charge is 0.276 e. The Hall–Kier alpha value is -2.85. The van der Waals surface area contributed by atoms with Gasteiger partial charge in [-0.25, -0.2) is 30.7 Å². The smallest absolute Gasteiger partial charge is 0.264 e. The van der Waals surface area contributed by atoms with Crippen molar-refractivity contribution in [2.24, 2.45) is 0 Å². The Morgan fingerprint density at radius 2 is 1.67 bits per heavy atom. The molecular formula is C23H25ClFN3O6S2. The molecular weight excluding hydrogens is 533 g/mol. The van der Waals surface area contributed by atoms with Gasteiger partial charge in [0.2, 0.25) is 15.9 Å². The average molecular weight is 558 g/mol. The lowest BCUT2D eigenvalue weighted by Gasteiger charge is -2.21. The number of carbonyl (C=O) groups excluding carboxylic acids is 2. The fourth-order valence-electron chi connectivity index (χ4n) is 3.72. The standard InChI is InChI=1S/C23H25ClFN3O6S2/c1-12(2)16-8-14(11-26)22(25)21(13(3)4)17(16)10-20(29)28-36(33,34)19-7-6-15(35(31,32)27-5)9-18(19)23(24)30/h6-9,12-13,27H,10H2,1-5H3,(H,28,29). The van der Waals surface area contributed by atoms with Crippen LogP contribution in [0.1, 0.15) is 72.1 Å². The first-order valence-electron chi connectivity index (χ1n) is 10.7. The zero-order chi connectivity index (χ0) is 27.6. The van der Waals surface area contributed by atoms with Gasteiger partial charge in [-0.3, -0.25) is 9.59 Å². The summed E-state index contributed by atoms with van der Waals surface area (Å²) in [4.78, 5) is 23.7. The highest BCUT2D eigenvalue weighted by Gasteiger charge is 2.28. The molecule has 2 aromatic rings. The SMILES string of the molecule is CNS(=O)(=O)c1ccc(S(=O)(=O)NC(=O)Cc2c(C(C)C)cc(C#N)c(F)c2C(C)C)c(C(=O)Cl)c1. The molecule has 0 aliphatic carbocycles. The molecule has 1 amide bonds. The second-order valence-electron chi connectivity index (χ2n) is 8.49. The van der Waals surface area contributed by atoms with Gasteiger partial charge in [-0.05, 0) is 71.4 Å². The van der Waals surface area contributed by atoms with E-state index in [1.54, 1.807) is 33.8 Å². The van der Waals surface area contributed by atoms with E-state index in [9.17, 15) is 31.7 Å². The number of hydrogen-bond acceptors (Lipinski definition) is 7. The number of nitrogens with zero attached hydrogens (tertiary/aromatic N) is 1. The number of carbonyl (C=O) groups is 2. The van der Waals surface area contributed by atoms with Gasteiger partial charge < -0.3 is 0 Å². The molecule has 0 fully saturated rings. The number of benzene rings is 2. The fourth-order valence-corrected chi connectivity index (χ4v) is 5.86. The minimum Gasteiger partial charge on any atom is -0.276 e. The summed E-state index contributed by atoms with van der Waals surface area (Å²) in [5, 5.41) is 8.06. The molecule has 0 radical (unpaired) electrons. The highest BCUT2D eigenvalue weighted by atomic mass is 35.5. The molecule has 0 bridgehead atoms. The third kappa shape index (κ3) is 6.10. The molecule has 0 spiro atoms. The quantitative estimate of drug-likeness (QED) is 0.449. The van der Waals surface area contributed by atoms with Crippen LogP contribution in [0.3, 0.4) is 0 Å². The van der Waals surface area contributed by atoms with Gasteiger partial charge in [0.15, 0.2) is 0 Å². The summed E-state index contributed by atoms with van der Waals surface area (Å²) in [6.07, 6.45) is -0.529.